The van der Waals surface area contributed by atoms with E-state index < -0.39 is 0 Å². The van der Waals surface area contributed by atoms with Crippen molar-refractivity contribution in [1.29, 1.82) is 0 Å². The Morgan fingerprint density at radius 1 is 1.64 bits per heavy atom. The monoisotopic (exact) mass is 156 g/mol. The van der Waals surface area contributed by atoms with Gasteiger partial charge in [-0.3, -0.25) is 0 Å². The van der Waals surface area contributed by atoms with Gasteiger partial charge in [0.2, 0.25) is 0 Å². The van der Waals surface area contributed by atoms with Gasteiger partial charge in [-0.2, -0.15) is 0 Å². The summed E-state index contributed by atoms with van der Waals surface area (Å²) in [5.41, 5.74) is 1.18. The van der Waals surface area contributed by atoms with Gasteiger partial charge >= 0.3 is 0 Å². The van der Waals surface area contributed by atoms with Gasteiger partial charge in [0.1, 0.15) is 6.61 Å². The molecule has 0 N–H and O–H groups in total. The Hall–Kier alpha value is -0.570. The Balaban J connectivity index is 2.19. The highest BCUT2D eigenvalue weighted by molar-refractivity contribution is 5.87. The molecule has 0 atom stereocenters. The zero-order chi connectivity index (χ0) is 8.10. The first kappa shape index (κ1) is 8.53. The largest absolute Gasteiger partial charge is 0.396 e. The second-order valence-electron chi connectivity index (χ2n) is 2.98. The summed E-state index contributed by atoms with van der Waals surface area (Å²) in [5.74, 6) is 0. The molecule has 11 heavy (non-hydrogen) atoms. The van der Waals surface area contributed by atoms with Gasteiger partial charge in [0, 0.05) is 19.5 Å². The van der Waals surface area contributed by atoms with Crippen LogP contribution in [0.4, 0.5) is 0 Å². The van der Waals surface area contributed by atoms with Gasteiger partial charge in [-0.05, 0) is 13.5 Å². The molecule has 64 valence electrons. The SMILES string of the molecule is CCCO/N=C1\CCN(C)C1. The molecule has 0 unspecified atom stereocenters. The lowest BCUT2D eigenvalue weighted by molar-refractivity contribution is 0.144. The highest BCUT2D eigenvalue weighted by atomic mass is 16.6. The van der Waals surface area contributed by atoms with Crippen molar-refractivity contribution in [1.82, 2.24) is 4.90 Å². The summed E-state index contributed by atoms with van der Waals surface area (Å²) in [5, 5.41) is 4.04. The van der Waals surface area contributed by atoms with Crippen molar-refractivity contribution in [2.75, 3.05) is 26.7 Å². The Kier molecular flexibility index (Phi) is 3.36. The molecule has 0 aromatic heterocycles. The zero-order valence-corrected chi connectivity index (χ0v) is 7.34. The number of rotatable bonds is 3. The van der Waals surface area contributed by atoms with Gasteiger partial charge in [-0.1, -0.05) is 12.1 Å². The van der Waals surface area contributed by atoms with Crippen molar-refractivity contribution in [3.05, 3.63) is 0 Å². The van der Waals surface area contributed by atoms with Crippen molar-refractivity contribution in [3.63, 3.8) is 0 Å². The average molecular weight is 156 g/mol. The van der Waals surface area contributed by atoms with E-state index in [4.69, 9.17) is 4.84 Å². The van der Waals surface area contributed by atoms with Crippen molar-refractivity contribution < 1.29 is 4.84 Å². The standard InChI is InChI=1S/C8H16N2O/c1-3-6-11-9-8-4-5-10(2)7-8/h3-7H2,1-2H3/b9-8+. The van der Waals surface area contributed by atoms with Crippen LogP contribution >= 0.6 is 0 Å². The highest BCUT2D eigenvalue weighted by Crippen LogP contribution is 2.02. The van der Waals surface area contributed by atoms with E-state index in [1.807, 2.05) is 0 Å². The first-order valence-electron chi connectivity index (χ1n) is 4.19. The second kappa shape index (κ2) is 4.34. The molecule has 0 bridgehead atoms. The topological polar surface area (TPSA) is 24.8 Å². The zero-order valence-electron chi connectivity index (χ0n) is 7.34. The van der Waals surface area contributed by atoms with Gasteiger partial charge in [0.05, 0.1) is 5.71 Å². The van der Waals surface area contributed by atoms with E-state index in [0.29, 0.717) is 0 Å². The minimum absolute atomic E-state index is 0.743. The molecule has 1 fully saturated rings. The van der Waals surface area contributed by atoms with E-state index in [0.717, 1.165) is 32.5 Å². The fourth-order valence-electron chi connectivity index (χ4n) is 1.09. The maximum Gasteiger partial charge on any atom is 0.116 e. The Labute approximate surface area is 68.0 Å². The maximum atomic E-state index is 5.08. The molecule has 0 radical (unpaired) electrons. The average Bonchev–Trinajstić information content (AvgIpc) is 2.37. The molecule has 0 aliphatic carbocycles. The summed E-state index contributed by atoms with van der Waals surface area (Å²) in [4.78, 5) is 7.32. The predicted molar refractivity (Wildman–Crippen MR) is 45.8 cm³/mol. The summed E-state index contributed by atoms with van der Waals surface area (Å²) in [6.45, 7) is 4.92. The molecular weight excluding hydrogens is 140 g/mol. The molecule has 0 saturated carbocycles. The second-order valence-corrected chi connectivity index (χ2v) is 2.98. The van der Waals surface area contributed by atoms with Crippen LogP contribution in [0.3, 0.4) is 0 Å². The maximum absolute atomic E-state index is 5.08. The van der Waals surface area contributed by atoms with Crippen LogP contribution in [0.15, 0.2) is 5.16 Å². The Morgan fingerprint density at radius 3 is 3.00 bits per heavy atom. The van der Waals surface area contributed by atoms with E-state index in [-0.39, 0.29) is 0 Å². The fourth-order valence-corrected chi connectivity index (χ4v) is 1.09. The van der Waals surface area contributed by atoms with Crippen LogP contribution < -0.4 is 0 Å². The van der Waals surface area contributed by atoms with Crippen LogP contribution in [0.25, 0.3) is 0 Å². The normalized spacial score (nSPS) is 22.9. The molecule has 0 aromatic carbocycles. The minimum Gasteiger partial charge on any atom is -0.396 e. The first-order chi connectivity index (χ1) is 5.33. The molecule has 1 rings (SSSR count). The van der Waals surface area contributed by atoms with Gasteiger partial charge in [0.25, 0.3) is 0 Å². The van der Waals surface area contributed by atoms with E-state index in [2.05, 4.69) is 24.0 Å². The third-order valence-electron chi connectivity index (χ3n) is 1.72. The number of likely N-dealkylation sites (tertiary alicyclic amines) is 1. The molecule has 1 aliphatic heterocycles. The fraction of sp³-hybridized carbons (Fsp3) is 0.875. The number of nitrogens with zero attached hydrogens (tertiary/aromatic N) is 2. The molecular formula is C8H16N2O. The lowest BCUT2D eigenvalue weighted by Gasteiger charge is -2.01. The Bertz CT molecular complexity index is 145. The van der Waals surface area contributed by atoms with Crippen LogP contribution in [-0.4, -0.2) is 37.4 Å². The summed E-state index contributed by atoms with van der Waals surface area (Å²) in [6, 6.07) is 0. The van der Waals surface area contributed by atoms with Crippen LogP contribution in [0, 0.1) is 0 Å². The van der Waals surface area contributed by atoms with E-state index in [1.165, 1.54) is 5.71 Å². The number of oxime groups is 1. The lowest BCUT2D eigenvalue weighted by atomic mass is 10.3. The van der Waals surface area contributed by atoms with Crippen LogP contribution in [-0.2, 0) is 4.84 Å². The van der Waals surface area contributed by atoms with E-state index in [1.54, 1.807) is 0 Å². The number of hydrogen-bond acceptors (Lipinski definition) is 3. The minimum atomic E-state index is 0.743. The van der Waals surface area contributed by atoms with Gasteiger partial charge in [0.15, 0.2) is 0 Å². The molecule has 0 amide bonds. The summed E-state index contributed by atoms with van der Waals surface area (Å²) >= 11 is 0. The predicted octanol–water partition coefficient (Wildman–Crippen LogP) is 1.10. The summed E-state index contributed by atoms with van der Waals surface area (Å²) in [7, 11) is 2.10. The van der Waals surface area contributed by atoms with Crippen molar-refractivity contribution in [2.45, 2.75) is 19.8 Å². The third-order valence-corrected chi connectivity index (χ3v) is 1.72. The summed E-state index contributed by atoms with van der Waals surface area (Å²) < 4.78 is 0. The van der Waals surface area contributed by atoms with E-state index >= 15 is 0 Å². The Morgan fingerprint density at radius 2 is 2.45 bits per heavy atom. The summed E-state index contributed by atoms with van der Waals surface area (Å²) in [6.07, 6.45) is 2.10. The van der Waals surface area contributed by atoms with Crippen LogP contribution in [0.2, 0.25) is 0 Å². The molecule has 3 nitrogen and oxygen atoms in total. The lowest BCUT2D eigenvalue weighted by Crippen LogP contribution is -2.13. The first-order valence-corrected chi connectivity index (χ1v) is 4.19. The molecule has 1 aliphatic rings. The van der Waals surface area contributed by atoms with Crippen molar-refractivity contribution >= 4 is 5.71 Å². The number of hydrogen-bond donors (Lipinski definition) is 0. The molecule has 1 heterocycles. The van der Waals surface area contributed by atoms with Gasteiger partial charge < -0.3 is 9.74 Å². The van der Waals surface area contributed by atoms with Gasteiger partial charge in [-0.25, -0.2) is 0 Å². The molecule has 1 saturated heterocycles. The van der Waals surface area contributed by atoms with Crippen LogP contribution in [0.5, 0.6) is 0 Å². The molecule has 0 aromatic rings. The highest BCUT2D eigenvalue weighted by Gasteiger charge is 2.13. The van der Waals surface area contributed by atoms with Gasteiger partial charge in [-0.15, -0.1) is 0 Å². The van der Waals surface area contributed by atoms with E-state index in [9.17, 15) is 0 Å². The van der Waals surface area contributed by atoms with Crippen LogP contribution in [0.1, 0.15) is 19.8 Å². The quantitative estimate of drug-likeness (QED) is 0.451. The van der Waals surface area contributed by atoms with Crippen molar-refractivity contribution in [3.8, 4) is 0 Å². The third kappa shape index (κ3) is 2.89. The van der Waals surface area contributed by atoms with Crippen molar-refractivity contribution in [2.24, 2.45) is 5.16 Å². The smallest absolute Gasteiger partial charge is 0.116 e. The molecule has 0 spiro atoms. The molecule has 3 heteroatoms.